The lowest BCUT2D eigenvalue weighted by Crippen LogP contribution is -2.29. The van der Waals surface area contributed by atoms with Gasteiger partial charge in [-0.3, -0.25) is 9.59 Å². The summed E-state index contributed by atoms with van der Waals surface area (Å²) in [6.07, 6.45) is -9.97. The Morgan fingerprint density at radius 1 is 0.523 bits per heavy atom. The number of para-hydroxylation sites is 2. The van der Waals surface area contributed by atoms with Crippen LogP contribution < -0.4 is 4.90 Å². The average molecular weight is 601 g/mol. The molecule has 2 heterocycles. The summed E-state index contributed by atoms with van der Waals surface area (Å²) >= 11 is 0. The highest BCUT2D eigenvalue weighted by Gasteiger charge is 2.40. The number of alkyl halides is 6. The van der Waals surface area contributed by atoms with Gasteiger partial charge in [0.2, 0.25) is 0 Å². The van der Waals surface area contributed by atoms with E-state index in [1.807, 2.05) is 0 Å². The number of aromatic nitrogens is 1. The van der Waals surface area contributed by atoms with Crippen molar-refractivity contribution in [3.63, 3.8) is 0 Å². The van der Waals surface area contributed by atoms with Crippen LogP contribution in [0.25, 0.3) is 38.6 Å². The van der Waals surface area contributed by atoms with Gasteiger partial charge in [-0.25, -0.2) is 4.90 Å². The van der Waals surface area contributed by atoms with Gasteiger partial charge < -0.3 is 4.57 Å². The van der Waals surface area contributed by atoms with E-state index < -0.39 is 35.3 Å². The number of amides is 2. The molecule has 0 radical (unpaired) electrons. The minimum atomic E-state index is -4.98. The van der Waals surface area contributed by atoms with Crippen LogP contribution in [0, 0.1) is 0 Å². The lowest BCUT2D eigenvalue weighted by Gasteiger charge is -2.15. The molecule has 1 aliphatic rings. The van der Waals surface area contributed by atoms with Crippen molar-refractivity contribution in [3.05, 3.63) is 131 Å². The Labute approximate surface area is 245 Å². The highest BCUT2D eigenvalue weighted by atomic mass is 19.4. The van der Waals surface area contributed by atoms with Gasteiger partial charge in [-0.1, -0.05) is 48.5 Å². The van der Waals surface area contributed by atoms with Crippen LogP contribution in [0.1, 0.15) is 31.8 Å². The number of nitrogens with zero attached hydrogens (tertiary/aromatic N) is 2. The molecule has 6 aromatic rings. The third-order valence-corrected chi connectivity index (χ3v) is 7.74. The number of benzene rings is 5. The van der Waals surface area contributed by atoms with E-state index in [2.05, 4.69) is 0 Å². The molecule has 0 atom stereocenters. The topological polar surface area (TPSA) is 42.3 Å². The molecular weight excluding hydrogens is 582 g/mol. The smallest absolute Gasteiger partial charge is 0.308 e. The summed E-state index contributed by atoms with van der Waals surface area (Å²) < 4.78 is 83.3. The second-order valence-corrected chi connectivity index (χ2v) is 10.4. The van der Waals surface area contributed by atoms with Crippen LogP contribution in [0.5, 0.6) is 0 Å². The van der Waals surface area contributed by atoms with Crippen molar-refractivity contribution in [2.24, 2.45) is 0 Å². The van der Waals surface area contributed by atoms with Crippen molar-refractivity contribution in [1.29, 1.82) is 0 Å². The molecule has 10 heteroatoms. The van der Waals surface area contributed by atoms with Crippen molar-refractivity contribution < 1.29 is 35.9 Å². The van der Waals surface area contributed by atoms with Crippen LogP contribution in [0.3, 0.4) is 0 Å². The van der Waals surface area contributed by atoms with Gasteiger partial charge in [0.25, 0.3) is 11.8 Å². The Bertz CT molecular complexity index is 2110. The molecule has 7 rings (SSSR count). The normalized spacial score (nSPS) is 13.7. The summed E-state index contributed by atoms with van der Waals surface area (Å²) in [6.45, 7) is 0. The highest BCUT2D eigenvalue weighted by molar-refractivity contribution is 6.35. The molecule has 0 spiro atoms. The predicted molar refractivity (Wildman–Crippen MR) is 154 cm³/mol. The molecular formula is C34H18F6N2O2. The fourth-order valence-corrected chi connectivity index (χ4v) is 5.80. The van der Waals surface area contributed by atoms with Gasteiger partial charge in [0.15, 0.2) is 0 Å². The lowest BCUT2D eigenvalue weighted by molar-refractivity contribution is -0.143. The van der Waals surface area contributed by atoms with E-state index in [1.165, 1.54) is 12.1 Å². The zero-order valence-electron chi connectivity index (χ0n) is 22.4. The van der Waals surface area contributed by atoms with E-state index >= 15 is 0 Å². The van der Waals surface area contributed by atoms with Crippen molar-refractivity contribution in [3.8, 4) is 16.8 Å². The maximum absolute atomic E-state index is 13.8. The third-order valence-electron chi connectivity index (χ3n) is 7.74. The van der Waals surface area contributed by atoms with E-state index in [1.54, 1.807) is 83.4 Å². The number of fused-ring (bicyclic) bond motifs is 4. The first-order chi connectivity index (χ1) is 20.9. The maximum Gasteiger partial charge on any atom is 0.416 e. The van der Waals surface area contributed by atoms with Crippen LogP contribution >= 0.6 is 0 Å². The first kappa shape index (κ1) is 27.5. The van der Waals surface area contributed by atoms with Crippen LogP contribution in [-0.2, 0) is 12.4 Å². The molecule has 218 valence electrons. The standard InChI is InChI=1S/C34H18F6N2O2/c35-33(36,37)21-15-20(16-22(18-21)34(38,39)40)19-13-14-28-26(17-19)24-9-4-5-11-27(24)42(28)29-12-6-10-25-30(29)32(44)41(31(25)43)23-7-2-1-3-8-23/h1-18H. The molecule has 0 bridgehead atoms. The molecule has 0 fully saturated rings. The molecule has 0 N–H and O–H groups in total. The Morgan fingerprint density at radius 3 is 1.84 bits per heavy atom. The fourth-order valence-electron chi connectivity index (χ4n) is 5.80. The second-order valence-electron chi connectivity index (χ2n) is 10.4. The number of imide groups is 1. The lowest BCUT2D eigenvalue weighted by atomic mass is 9.97. The molecule has 2 amide bonds. The van der Waals surface area contributed by atoms with E-state index in [0.29, 0.717) is 45.3 Å². The summed E-state index contributed by atoms with van der Waals surface area (Å²) in [5.74, 6) is -0.996. The molecule has 44 heavy (non-hydrogen) atoms. The molecule has 1 aliphatic heterocycles. The van der Waals surface area contributed by atoms with E-state index in [-0.39, 0.29) is 28.3 Å². The van der Waals surface area contributed by atoms with E-state index in [9.17, 15) is 35.9 Å². The van der Waals surface area contributed by atoms with E-state index in [4.69, 9.17) is 0 Å². The first-order valence-electron chi connectivity index (χ1n) is 13.3. The van der Waals surface area contributed by atoms with Gasteiger partial charge in [0.05, 0.1) is 44.7 Å². The SMILES string of the molecule is O=C1c2cccc(-n3c4ccccc4c4cc(-c5cc(C(F)(F)F)cc(C(F)(F)F)c5)ccc43)c2C(=O)N1c1ccccc1. The molecule has 0 saturated carbocycles. The predicted octanol–water partition coefficient (Wildman–Crippen LogP) is 9.29. The summed E-state index contributed by atoms with van der Waals surface area (Å²) in [6, 6.07) is 26.6. The largest absolute Gasteiger partial charge is 0.416 e. The first-order valence-corrected chi connectivity index (χ1v) is 13.3. The van der Waals surface area contributed by atoms with Gasteiger partial charge in [-0.2, -0.15) is 26.3 Å². The van der Waals surface area contributed by atoms with Crippen LogP contribution in [0.2, 0.25) is 0 Å². The van der Waals surface area contributed by atoms with Crippen LogP contribution in [0.4, 0.5) is 32.0 Å². The van der Waals surface area contributed by atoms with Gasteiger partial charge in [-0.05, 0) is 71.8 Å². The summed E-state index contributed by atoms with van der Waals surface area (Å²) in [4.78, 5) is 28.3. The Kier molecular flexibility index (Phi) is 5.97. The number of carbonyl (C=O) groups is 2. The van der Waals surface area contributed by atoms with Crippen molar-refractivity contribution >= 4 is 39.3 Å². The summed E-state index contributed by atoms with van der Waals surface area (Å²) in [5.41, 5.74) is -0.513. The minimum absolute atomic E-state index is 0.0981. The maximum atomic E-state index is 13.8. The third kappa shape index (κ3) is 4.24. The number of hydrogen-bond donors (Lipinski definition) is 0. The molecule has 4 nitrogen and oxygen atoms in total. The molecule has 1 aromatic heterocycles. The highest BCUT2D eigenvalue weighted by Crippen LogP contribution is 2.42. The van der Waals surface area contributed by atoms with Crippen molar-refractivity contribution in [2.75, 3.05) is 4.90 Å². The zero-order chi connectivity index (χ0) is 31.0. The Balaban J connectivity index is 1.45. The number of hydrogen-bond acceptors (Lipinski definition) is 2. The van der Waals surface area contributed by atoms with Crippen LogP contribution in [-0.4, -0.2) is 16.4 Å². The van der Waals surface area contributed by atoms with Gasteiger partial charge in [-0.15, -0.1) is 0 Å². The molecule has 0 saturated heterocycles. The van der Waals surface area contributed by atoms with Gasteiger partial charge in [0, 0.05) is 10.8 Å². The Hall–Kier alpha value is -5.38. The second kappa shape index (κ2) is 9.57. The molecule has 0 aliphatic carbocycles. The van der Waals surface area contributed by atoms with E-state index in [0.717, 1.165) is 4.90 Å². The van der Waals surface area contributed by atoms with Crippen molar-refractivity contribution in [1.82, 2.24) is 4.57 Å². The molecule has 5 aromatic carbocycles. The number of anilines is 1. The fraction of sp³-hybridized carbons (Fsp3) is 0.0588. The van der Waals surface area contributed by atoms with Crippen molar-refractivity contribution in [2.45, 2.75) is 12.4 Å². The Morgan fingerprint density at radius 2 is 1.16 bits per heavy atom. The minimum Gasteiger partial charge on any atom is -0.308 e. The number of halogens is 6. The molecule has 0 unspecified atom stereocenters. The number of carbonyl (C=O) groups excluding carboxylic acids is 2. The summed E-state index contributed by atoms with van der Waals surface area (Å²) in [5, 5.41) is 1.19. The quantitative estimate of drug-likeness (QED) is 0.150. The number of rotatable bonds is 3. The van der Waals surface area contributed by atoms with Crippen LogP contribution in [0.15, 0.2) is 109 Å². The average Bonchev–Trinajstić information content (AvgIpc) is 3.47. The van der Waals surface area contributed by atoms with Gasteiger partial charge in [0.1, 0.15) is 0 Å². The van der Waals surface area contributed by atoms with Gasteiger partial charge >= 0.3 is 12.4 Å². The summed E-state index contributed by atoms with van der Waals surface area (Å²) in [7, 11) is 0. The monoisotopic (exact) mass is 600 g/mol. The zero-order valence-corrected chi connectivity index (χ0v) is 22.4.